The van der Waals surface area contributed by atoms with Gasteiger partial charge in [0.05, 0.1) is 16.6 Å². The number of piperazine rings is 2. The van der Waals surface area contributed by atoms with E-state index in [9.17, 15) is 23.2 Å². The SMILES string of the molecule is CC(C)(C)OC(=O)N1CCNCC1.O=C(c1cc2nc(Nc3cccc(F)c3)ncc2cc1-c1nccs1)N1CCNCC1.O=Cc1cc2nc(Nc3cccc(F)c3)ncc2cc1-c1nccs1. The molecule has 16 nitrogen and oxygen atoms in total. The topological polar surface area (TPSA) is 192 Å². The van der Waals surface area contributed by atoms with E-state index in [-0.39, 0.29) is 29.2 Å². The van der Waals surface area contributed by atoms with Gasteiger partial charge in [0.1, 0.15) is 27.3 Å². The molecule has 2 amide bonds. The van der Waals surface area contributed by atoms with Crippen LogP contribution in [0.5, 0.6) is 0 Å². The molecule has 69 heavy (non-hydrogen) atoms. The maximum absolute atomic E-state index is 13.5. The molecule has 4 aromatic heterocycles. The van der Waals surface area contributed by atoms with Crippen molar-refractivity contribution in [3.8, 4) is 21.1 Å². The fourth-order valence-corrected chi connectivity index (χ4v) is 8.59. The Kier molecular flexibility index (Phi) is 15.4. The summed E-state index contributed by atoms with van der Waals surface area (Å²) in [5.41, 5.74) is 4.58. The molecule has 2 aliphatic heterocycles. The molecule has 0 radical (unpaired) electrons. The summed E-state index contributed by atoms with van der Waals surface area (Å²) >= 11 is 2.95. The number of halogens is 2. The van der Waals surface area contributed by atoms with E-state index in [0.717, 1.165) is 77.5 Å². The molecular formula is C49H48F2N12O4S2. The molecule has 0 unspecified atom stereocenters. The molecule has 2 aliphatic rings. The number of fused-ring (bicyclic) bond motifs is 2. The number of hydrogen-bond acceptors (Lipinski definition) is 16. The van der Waals surface area contributed by atoms with Crippen molar-refractivity contribution in [2.75, 3.05) is 63.0 Å². The van der Waals surface area contributed by atoms with E-state index in [1.54, 1.807) is 66.1 Å². The first kappa shape index (κ1) is 48.1. The monoisotopic (exact) mass is 970 g/mol. The summed E-state index contributed by atoms with van der Waals surface area (Å²) in [5, 5.41) is 19.3. The first-order chi connectivity index (χ1) is 33.4. The molecule has 0 bridgehead atoms. The van der Waals surface area contributed by atoms with Gasteiger partial charge in [-0.3, -0.25) is 9.59 Å². The third-order valence-electron chi connectivity index (χ3n) is 10.5. The molecule has 0 saturated carbocycles. The van der Waals surface area contributed by atoms with Crippen LogP contribution in [0.3, 0.4) is 0 Å². The standard InChI is InChI=1S/C22H19FN6OS.C18H11FN4OS.C9H18N2O2/c23-15-2-1-3-16(11-15)27-22-26-13-14-10-17(20-25-6-9-31-20)18(12-19(14)28-22)21(30)29-7-4-24-5-8-29;19-13-2-1-3-14(8-13)22-18-21-9-11-6-15(17-20-4-5-25-17)12(10-24)7-16(11)23-18;1-9(2,3)13-8(12)11-6-4-10-5-7-11/h1-3,6,9-13,24H,4-5,7-8H2,(H,26,27,28);1-10H,(H,21,22,23);10H,4-7H2,1-3H3. The van der Waals surface area contributed by atoms with E-state index in [0.29, 0.717) is 58.5 Å². The van der Waals surface area contributed by atoms with Crippen molar-refractivity contribution >= 4 is 86.0 Å². The number of aromatic nitrogens is 6. The number of nitrogens with one attached hydrogen (secondary N) is 4. The quantitative estimate of drug-likeness (QED) is 0.106. The lowest BCUT2D eigenvalue weighted by molar-refractivity contribution is 0.0228. The number of rotatable bonds is 8. The fraction of sp³-hybridized carbons (Fsp3) is 0.245. The molecule has 2 fully saturated rings. The molecule has 354 valence electrons. The van der Waals surface area contributed by atoms with Crippen LogP contribution in [0.15, 0.2) is 108 Å². The van der Waals surface area contributed by atoms with Crippen LogP contribution in [-0.4, -0.2) is 116 Å². The van der Waals surface area contributed by atoms with Gasteiger partial charge in [-0.15, -0.1) is 22.7 Å². The number of ether oxygens (including phenoxy) is 1. The Morgan fingerprint density at radius 3 is 1.68 bits per heavy atom. The lowest BCUT2D eigenvalue weighted by Gasteiger charge is -2.30. The van der Waals surface area contributed by atoms with Gasteiger partial charge in [-0.1, -0.05) is 12.1 Å². The summed E-state index contributed by atoms with van der Waals surface area (Å²) in [5.74, 6) is -0.0608. The summed E-state index contributed by atoms with van der Waals surface area (Å²) in [7, 11) is 0. The molecule has 0 atom stereocenters. The Labute approximate surface area is 404 Å². The molecule has 0 spiro atoms. The predicted octanol–water partition coefficient (Wildman–Crippen LogP) is 8.96. The normalized spacial score (nSPS) is 13.7. The second-order valence-electron chi connectivity index (χ2n) is 16.7. The zero-order valence-corrected chi connectivity index (χ0v) is 39.5. The minimum absolute atomic E-state index is 0.0353. The number of thiazole rings is 2. The molecule has 0 aliphatic carbocycles. The summed E-state index contributed by atoms with van der Waals surface area (Å²) in [4.78, 5) is 66.1. The maximum atomic E-state index is 13.5. The van der Waals surface area contributed by atoms with Crippen molar-refractivity contribution in [3.63, 3.8) is 0 Å². The Morgan fingerprint density at radius 1 is 0.681 bits per heavy atom. The highest BCUT2D eigenvalue weighted by atomic mass is 32.1. The van der Waals surface area contributed by atoms with Crippen molar-refractivity contribution in [1.82, 2.24) is 50.3 Å². The van der Waals surface area contributed by atoms with E-state index >= 15 is 0 Å². The van der Waals surface area contributed by atoms with Crippen LogP contribution in [-0.2, 0) is 4.74 Å². The predicted molar refractivity (Wildman–Crippen MR) is 265 cm³/mol. The second-order valence-corrected chi connectivity index (χ2v) is 18.5. The zero-order valence-electron chi connectivity index (χ0n) is 37.9. The molecule has 6 heterocycles. The number of aldehydes is 1. The summed E-state index contributed by atoms with van der Waals surface area (Å²) in [6, 6.07) is 19.4. The van der Waals surface area contributed by atoms with Crippen molar-refractivity contribution in [3.05, 3.63) is 131 Å². The van der Waals surface area contributed by atoms with E-state index in [4.69, 9.17) is 4.74 Å². The lowest BCUT2D eigenvalue weighted by Crippen LogP contribution is -2.48. The largest absolute Gasteiger partial charge is 0.444 e. The Hall–Kier alpha value is -7.39. The van der Waals surface area contributed by atoms with E-state index in [1.165, 1.54) is 46.9 Å². The van der Waals surface area contributed by atoms with Gasteiger partial charge in [-0.05, 0) is 81.4 Å². The molecule has 20 heteroatoms. The lowest BCUT2D eigenvalue weighted by atomic mass is 10.0. The van der Waals surface area contributed by atoms with Crippen molar-refractivity contribution in [2.24, 2.45) is 0 Å². The van der Waals surface area contributed by atoms with Crippen LogP contribution in [0, 0.1) is 11.6 Å². The number of anilines is 4. The molecular weight excluding hydrogens is 923 g/mol. The Bertz CT molecular complexity index is 3050. The third kappa shape index (κ3) is 12.8. The number of carbonyl (C=O) groups is 3. The van der Waals surface area contributed by atoms with Crippen molar-refractivity contribution in [2.45, 2.75) is 26.4 Å². The Morgan fingerprint density at radius 2 is 1.19 bits per heavy atom. The van der Waals surface area contributed by atoms with Gasteiger partial charge in [0.2, 0.25) is 11.9 Å². The van der Waals surface area contributed by atoms with Crippen LogP contribution >= 0.6 is 22.7 Å². The zero-order chi connectivity index (χ0) is 48.3. The van der Waals surface area contributed by atoms with Crippen molar-refractivity contribution in [1.29, 1.82) is 0 Å². The van der Waals surface area contributed by atoms with Crippen molar-refractivity contribution < 1.29 is 27.9 Å². The van der Waals surface area contributed by atoms with Gasteiger partial charge < -0.3 is 35.8 Å². The molecule has 2 saturated heterocycles. The van der Waals surface area contributed by atoms with Gasteiger partial charge >= 0.3 is 6.09 Å². The van der Waals surface area contributed by atoms with E-state index in [2.05, 4.69) is 51.2 Å². The highest BCUT2D eigenvalue weighted by Gasteiger charge is 2.25. The van der Waals surface area contributed by atoms with Crippen LogP contribution in [0.2, 0.25) is 0 Å². The van der Waals surface area contributed by atoms with E-state index in [1.807, 2.05) is 48.6 Å². The van der Waals surface area contributed by atoms with E-state index < -0.39 is 0 Å². The van der Waals surface area contributed by atoms with Crippen LogP contribution in [0.4, 0.5) is 36.8 Å². The fourth-order valence-electron chi connectivity index (χ4n) is 7.25. The second kappa shape index (κ2) is 22.1. The van der Waals surface area contributed by atoms with Crippen LogP contribution in [0.25, 0.3) is 42.9 Å². The highest BCUT2D eigenvalue weighted by Crippen LogP contribution is 2.32. The summed E-state index contributed by atoms with van der Waals surface area (Å²) in [6.45, 7) is 11.7. The summed E-state index contributed by atoms with van der Waals surface area (Å²) in [6.07, 6.45) is 7.37. The van der Waals surface area contributed by atoms with Gasteiger partial charge in [-0.25, -0.2) is 43.5 Å². The first-order valence-electron chi connectivity index (χ1n) is 22.0. The molecule has 10 rings (SSSR count). The molecule has 8 aromatic rings. The highest BCUT2D eigenvalue weighted by molar-refractivity contribution is 7.13. The van der Waals surface area contributed by atoms with Gasteiger partial charge in [0.15, 0.2) is 6.29 Å². The number of benzene rings is 4. The van der Waals surface area contributed by atoms with Crippen LogP contribution < -0.4 is 21.3 Å². The number of nitrogens with zero attached hydrogens (tertiary/aromatic N) is 8. The van der Waals surface area contributed by atoms with Gasteiger partial charge in [-0.2, -0.15) is 0 Å². The van der Waals surface area contributed by atoms with Gasteiger partial charge in [0.25, 0.3) is 5.91 Å². The average Bonchev–Trinajstić information content (AvgIpc) is 4.10. The number of carbonyl (C=O) groups excluding carboxylic acids is 3. The smallest absolute Gasteiger partial charge is 0.410 e. The first-order valence-corrected chi connectivity index (χ1v) is 23.8. The minimum Gasteiger partial charge on any atom is -0.444 e. The molecule has 4 N–H and O–H groups in total. The average molecular weight is 971 g/mol. The Balaban J connectivity index is 0.000000151. The van der Waals surface area contributed by atoms with Crippen LogP contribution in [0.1, 0.15) is 41.5 Å². The number of hydrogen-bond donors (Lipinski definition) is 4. The minimum atomic E-state index is -0.387. The maximum Gasteiger partial charge on any atom is 0.410 e. The van der Waals surface area contributed by atoms with Gasteiger partial charge in [0, 0.05) is 127 Å². The molecule has 4 aromatic carbocycles. The summed E-state index contributed by atoms with van der Waals surface area (Å²) < 4.78 is 32.0. The number of amides is 2. The third-order valence-corrected chi connectivity index (χ3v) is 12.1.